The fourth-order valence-electron chi connectivity index (χ4n) is 0.808. The van der Waals surface area contributed by atoms with Crippen molar-refractivity contribution < 1.29 is 13.6 Å². The molecule has 0 unspecified atom stereocenters. The molecule has 1 nitrogen and oxygen atoms in total. The highest BCUT2D eigenvalue weighted by Crippen LogP contribution is 2.19. The second-order valence-corrected chi connectivity index (χ2v) is 3.45. The summed E-state index contributed by atoms with van der Waals surface area (Å²) in [5.74, 6) is -1.07. The zero-order chi connectivity index (χ0) is 9.14. The van der Waals surface area contributed by atoms with Crippen molar-refractivity contribution in [1.82, 2.24) is 0 Å². The summed E-state index contributed by atoms with van der Waals surface area (Å²) in [6.45, 7) is 1.92. The maximum atomic E-state index is 11.9. The molecule has 0 bridgehead atoms. The number of carbonyl (C=O) groups is 1. The minimum absolute atomic E-state index is 0.154. The first kappa shape index (κ1) is 9.32. The van der Waals surface area contributed by atoms with E-state index in [0.29, 0.717) is 0 Å². The highest BCUT2D eigenvalue weighted by atomic mass is 32.1. The van der Waals surface area contributed by atoms with Crippen LogP contribution in [-0.2, 0) is 6.42 Å². The van der Waals surface area contributed by atoms with Crippen LogP contribution in [0, 0.1) is 0 Å². The molecular formula is C8H8F2OS. The van der Waals surface area contributed by atoms with Gasteiger partial charge in [0.15, 0.2) is 0 Å². The fraction of sp³-hybridized carbons (Fsp3) is 0.375. The summed E-state index contributed by atoms with van der Waals surface area (Å²) in [6, 6.07) is 3.16. The van der Waals surface area contributed by atoms with Crippen LogP contribution in [0.2, 0.25) is 0 Å². The van der Waals surface area contributed by atoms with E-state index in [0.717, 1.165) is 22.6 Å². The van der Waals surface area contributed by atoms with Gasteiger partial charge in [0.05, 0.1) is 4.88 Å². The maximum absolute atomic E-state index is 11.9. The number of aryl methyl sites for hydroxylation is 1. The molecule has 12 heavy (non-hydrogen) atoms. The molecule has 1 heterocycles. The van der Waals surface area contributed by atoms with Crippen molar-refractivity contribution in [3.8, 4) is 0 Å². The standard InChI is InChI=1S/C8H8F2OS/c1-2-5-3-4-6(12-5)7(11)8(9)10/h3-4,8H,2H2,1H3. The molecule has 1 aromatic heterocycles. The number of Topliss-reactive ketones (excluding diaryl/α,β-unsaturated/α-hetero) is 1. The summed E-state index contributed by atoms with van der Waals surface area (Å²) in [5.41, 5.74) is 0. The van der Waals surface area contributed by atoms with Crippen molar-refractivity contribution in [3.05, 3.63) is 21.9 Å². The summed E-state index contributed by atoms with van der Waals surface area (Å²) in [6.07, 6.45) is -2.10. The summed E-state index contributed by atoms with van der Waals surface area (Å²) < 4.78 is 23.8. The number of halogens is 2. The largest absolute Gasteiger partial charge is 0.301 e. The summed E-state index contributed by atoms with van der Waals surface area (Å²) in [5, 5.41) is 0. The SMILES string of the molecule is CCc1ccc(C(=O)C(F)F)s1. The van der Waals surface area contributed by atoms with Crippen LogP contribution in [0.5, 0.6) is 0 Å². The van der Waals surface area contributed by atoms with Crippen molar-refractivity contribution in [2.45, 2.75) is 19.8 Å². The summed E-state index contributed by atoms with van der Waals surface area (Å²) in [4.78, 5) is 11.8. The Balaban J connectivity index is 2.82. The van der Waals surface area contributed by atoms with Gasteiger partial charge in [-0.15, -0.1) is 11.3 Å². The molecule has 0 atom stereocenters. The summed E-state index contributed by atoms with van der Waals surface area (Å²) >= 11 is 1.14. The van der Waals surface area contributed by atoms with Gasteiger partial charge in [-0.05, 0) is 18.6 Å². The molecule has 0 aromatic carbocycles. The lowest BCUT2D eigenvalue weighted by molar-refractivity contribution is 0.0683. The van der Waals surface area contributed by atoms with Crippen molar-refractivity contribution in [3.63, 3.8) is 0 Å². The molecule has 4 heteroatoms. The third-order valence-electron chi connectivity index (χ3n) is 1.45. The minimum Gasteiger partial charge on any atom is -0.287 e. The molecule has 0 spiro atoms. The normalized spacial score (nSPS) is 10.7. The number of ketones is 1. The first-order valence-electron chi connectivity index (χ1n) is 3.56. The van der Waals surface area contributed by atoms with Crippen LogP contribution < -0.4 is 0 Å². The van der Waals surface area contributed by atoms with Crippen LogP contribution in [0.15, 0.2) is 12.1 Å². The van der Waals surface area contributed by atoms with Crippen LogP contribution >= 0.6 is 11.3 Å². The van der Waals surface area contributed by atoms with E-state index in [1.807, 2.05) is 6.92 Å². The highest BCUT2D eigenvalue weighted by Gasteiger charge is 2.18. The van der Waals surface area contributed by atoms with E-state index in [2.05, 4.69) is 0 Å². The second kappa shape index (κ2) is 3.76. The quantitative estimate of drug-likeness (QED) is 0.670. The van der Waals surface area contributed by atoms with E-state index >= 15 is 0 Å². The molecular weight excluding hydrogens is 182 g/mol. The third kappa shape index (κ3) is 1.88. The van der Waals surface area contributed by atoms with Crippen LogP contribution in [0.3, 0.4) is 0 Å². The highest BCUT2D eigenvalue weighted by molar-refractivity contribution is 7.14. The van der Waals surface area contributed by atoms with Crippen molar-refractivity contribution in [1.29, 1.82) is 0 Å². The van der Waals surface area contributed by atoms with Gasteiger partial charge in [-0.1, -0.05) is 6.92 Å². The first-order chi connectivity index (χ1) is 5.65. The van der Waals surface area contributed by atoms with Crippen LogP contribution in [0.1, 0.15) is 21.5 Å². The molecule has 66 valence electrons. The number of rotatable bonds is 3. The lowest BCUT2D eigenvalue weighted by Gasteiger charge is -1.92. The van der Waals surface area contributed by atoms with E-state index in [1.165, 1.54) is 6.07 Å². The number of carbonyl (C=O) groups excluding carboxylic acids is 1. The number of thiophene rings is 1. The van der Waals surface area contributed by atoms with Gasteiger partial charge >= 0.3 is 6.43 Å². The Morgan fingerprint density at radius 1 is 1.58 bits per heavy atom. The van der Waals surface area contributed by atoms with Crippen molar-refractivity contribution >= 4 is 17.1 Å². The molecule has 1 rings (SSSR count). The molecule has 0 N–H and O–H groups in total. The van der Waals surface area contributed by atoms with Gasteiger partial charge in [-0.3, -0.25) is 4.79 Å². The van der Waals surface area contributed by atoms with Crippen LogP contribution in [-0.4, -0.2) is 12.2 Å². The van der Waals surface area contributed by atoms with Gasteiger partial charge in [0.1, 0.15) is 0 Å². The Labute approximate surface area is 73.0 Å². The van der Waals surface area contributed by atoms with Gasteiger partial charge in [0.2, 0.25) is 5.78 Å². The fourth-order valence-corrected chi connectivity index (χ4v) is 1.70. The van der Waals surface area contributed by atoms with Crippen molar-refractivity contribution in [2.24, 2.45) is 0 Å². The molecule has 1 aromatic rings. The van der Waals surface area contributed by atoms with E-state index in [-0.39, 0.29) is 4.88 Å². The molecule has 0 saturated carbocycles. The lowest BCUT2D eigenvalue weighted by Crippen LogP contribution is -2.07. The topological polar surface area (TPSA) is 17.1 Å². The third-order valence-corrected chi connectivity index (χ3v) is 2.70. The molecule has 0 radical (unpaired) electrons. The van der Waals surface area contributed by atoms with E-state index in [4.69, 9.17) is 0 Å². The molecule has 0 amide bonds. The van der Waals surface area contributed by atoms with Gasteiger partial charge in [-0.25, -0.2) is 8.78 Å². The van der Waals surface area contributed by atoms with E-state index in [1.54, 1.807) is 6.07 Å². The monoisotopic (exact) mass is 190 g/mol. The smallest absolute Gasteiger partial charge is 0.287 e. The first-order valence-corrected chi connectivity index (χ1v) is 4.38. The van der Waals surface area contributed by atoms with E-state index in [9.17, 15) is 13.6 Å². The Hall–Kier alpha value is -0.770. The Bertz CT molecular complexity index is 280. The Kier molecular flexibility index (Phi) is 2.92. The Morgan fingerprint density at radius 3 is 2.67 bits per heavy atom. The number of alkyl halides is 2. The lowest BCUT2D eigenvalue weighted by atomic mass is 10.3. The predicted octanol–water partition coefficient (Wildman–Crippen LogP) is 2.76. The zero-order valence-electron chi connectivity index (χ0n) is 6.51. The number of hydrogen-bond acceptors (Lipinski definition) is 2. The van der Waals surface area contributed by atoms with Gasteiger partial charge < -0.3 is 0 Å². The summed E-state index contributed by atoms with van der Waals surface area (Å²) in [7, 11) is 0. The van der Waals surface area contributed by atoms with Gasteiger partial charge in [0.25, 0.3) is 0 Å². The molecule has 0 aliphatic heterocycles. The minimum atomic E-state index is -2.88. The maximum Gasteiger partial charge on any atom is 0.301 e. The van der Waals surface area contributed by atoms with Gasteiger partial charge in [0, 0.05) is 4.88 Å². The van der Waals surface area contributed by atoms with Crippen LogP contribution in [0.4, 0.5) is 8.78 Å². The molecule has 0 aliphatic carbocycles. The van der Waals surface area contributed by atoms with Gasteiger partial charge in [-0.2, -0.15) is 0 Å². The molecule has 0 fully saturated rings. The average Bonchev–Trinajstić information content (AvgIpc) is 2.50. The Morgan fingerprint density at radius 2 is 2.25 bits per heavy atom. The second-order valence-electron chi connectivity index (χ2n) is 2.28. The average molecular weight is 190 g/mol. The molecule has 0 aliphatic rings. The van der Waals surface area contributed by atoms with Crippen LogP contribution in [0.25, 0.3) is 0 Å². The predicted molar refractivity (Wildman–Crippen MR) is 44.0 cm³/mol. The number of hydrogen-bond donors (Lipinski definition) is 0. The van der Waals surface area contributed by atoms with Crippen molar-refractivity contribution in [2.75, 3.05) is 0 Å². The zero-order valence-corrected chi connectivity index (χ0v) is 7.33. The molecule has 0 saturated heterocycles. The van der Waals surface area contributed by atoms with E-state index < -0.39 is 12.2 Å².